The number of thiophene rings is 1. The van der Waals surface area contributed by atoms with Crippen LogP contribution in [0.1, 0.15) is 17.4 Å². The minimum absolute atomic E-state index is 0.488. The first kappa shape index (κ1) is 12.6. The number of hydrogen-bond acceptors (Lipinski definition) is 5. The monoisotopic (exact) mass is 277 g/mol. The topological polar surface area (TPSA) is 56.8 Å². The third-order valence-corrected chi connectivity index (χ3v) is 4.68. The number of rotatable bonds is 2. The van der Waals surface area contributed by atoms with E-state index in [1.165, 1.54) is 10.4 Å². The van der Waals surface area contributed by atoms with Gasteiger partial charge >= 0.3 is 0 Å². The summed E-state index contributed by atoms with van der Waals surface area (Å²) in [6.07, 6.45) is 0. The van der Waals surface area contributed by atoms with Gasteiger partial charge in [0.1, 0.15) is 0 Å². The summed E-state index contributed by atoms with van der Waals surface area (Å²) in [7, 11) is 0. The fraction of sp³-hybridized carbons (Fsp3) is 0.538. The molecule has 3 rings (SSSR count). The highest BCUT2D eigenvalue weighted by Crippen LogP contribution is 2.29. The molecule has 2 N–H and O–H groups in total. The number of aromatic nitrogens is 3. The fourth-order valence-corrected chi connectivity index (χ4v) is 3.28. The van der Waals surface area contributed by atoms with E-state index in [0.717, 1.165) is 36.3 Å². The normalized spacial score (nSPS) is 19.9. The Labute approximate surface area is 117 Å². The summed E-state index contributed by atoms with van der Waals surface area (Å²) >= 11 is 1.76. The summed E-state index contributed by atoms with van der Waals surface area (Å²) < 4.78 is 0. The first-order valence-electron chi connectivity index (χ1n) is 6.61. The van der Waals surface area contributed by atoms with Crippen molar-refractivity contribution >= 4 is 17.3 Å². The number of hydrogen-bond donors (Lipinski definition) is 2. The molecule has 0 aliphatic carbocycles. The smallest absolute Gasteiger partial charge is 0.245 e. The van der Waals surface area contributed by atoms with Crippen molar-refractivity contribution in [1.82, 2.24) is 20.5 Å². The van der Waals surface area contributed by atoms with Crippen molar-refractivity contribution in [3.05, 3.63) is 16.5 Å². The van der Waals surface area contributed by atoms with Crippen LogP contribution in [-0.4, -0.2) is 40.9 Å². The van der Waals surface area contributed by atoms with Gasteiger partial charge in [-0.05, 0) is 32.4 Å². The highest BCUT2D eigenvalue weighted by molar-refractivity contribution is 7.15. The predicted octanol–water partition coefficient (Wildman–Crippen LogP) is 1.95. The number of aromatic amines is 1. The maximum Gasteiger partial charge on any atom is 0.245 e. The molecule has 1 atom stereocenters. The number of piperazine rings is 1. The number of H-pyrrole nitrogens is 1. The second kappa shape index (κ2) is 4.94. The van der Waals surface area contributed by atoms with E-state index in [1.54, 1.807) is 11.3 Å². The summed E-state index contributed by atoms with van der Waals surface area (Å²) in [5.74, 6) is 1.69. The van der Waals surface area contributed by atoms with E-state index >= 15 is 0 Å². The molecule has 2 aromatic heterocycles. The Morgan fingerprint density at radius 3 is 2.95 bits per heavy atom. The van der Waals surface area contributed by atoms with Crippen LogP contribution in [0, 0.1) is 13.8 Å². The lowest BCUT2D eigenvalue weighted by molar-refractivity contribution is 0.480. The molecule has 0 aromatic carbocycles. The molecule has 0 bridgehead atoms. The molecule has 1 unspecified atom stereocenters. The molecule has 1 aliphatic rings. The Hall–Kier alpha value is -1.40. The highest BCUT2D eigenvalue weighted by Gasteiger charge is 2.20. The molecular weight excluding hydrogens is 258 g/mol. The maximum absolute atomic E-state index is 4.63. The molecule has 5 nitrogen and oxygen atoms in total. The highest BCUT2D eigenvalue weighted by atomic mass is 32.1. The number of nitrogens with zero attached hydrogens (tertiary/aromatic N) is 3. The van der Waals surface area contributed by atoms with Gasteiger partial charge in [-0.15, -0.1) is 16.4 Å². The van der Waals surface area contributed by atoms with E-state index in [2.05, 4.69) is 52.2 Å². The van der Waals surface area contributed by atoms with Gasteiger partial charge in [0.25, 0.3) is 0 Å². The van der Waals surface area contributed by atoms with Crippen molar-refractivity contribution in [2.45, 2.75) is 26.8 Å². The molecule has 6 heteroatoms. The van der Waals surface area contributed by atoms with Gasteiger partial charge in [0.05, 0.1) is 4.88 Å². The lowest BCUT2D eigenvalue weighted by Crippen LogP contribution is -2.49. The van der Waals surface area contributed by atoms with Crippen LogP contribution in [0.25, 0.3) is 10.7 Å². The summed E-state index contributed by atoms with van der Waals surface area (Å²) in [5, 5.41) is 10.8. The predicted molar refractivity (Wildman–Crippen MR) is 78.8 cm³/mol. The molecule has 0 radical (unpaired) electrons. The van der Waals surface area contributed by atoms with E-state index < -0.39 is 0 Å². The maximum atomic E-state index is 4.63. The van der Waals surface area contributed by atoms with Crippen molar-refractivity contribution in [2.24, 2.45) is 0 Å². The Bertz CT molecular complexity index is 554. The van der Waals surface area contributed by atoms with Crippen molar-refractivity contribution < 1.29 is 0 Å². The second-order valence-electron chi connectivity index (χ2n) is 5.14. The van der Waals surface area contributed by atoms with Gasteiger partial charge in [-0.1, -0.05) is 0 Å². The Morgan fingerprint density at radius 1 is 1.42 bits per heavy atom. The molecule has 2 aromatic rings. The molecule has 0 amide bonds. The molecular formula is C13H19N5S. The standard InChI is InChI=1S/C13H19N5S/c1-8-6-11(19-10(8)3)12-15-13(17-16-12)18-5-4-14-9(2)7-18/h6,9,14H,4-5,7H2,1-3H3,(H,15,16,17). The van der Waals surface area contributed by atoms with Crippen LogP contribution in [0.3, 0.4) is 0 Å². The molecule has 19 heavy (non-hydrogen) atoms. The zero-order valence-corrected chi connectivity index (χ0v) is 12.3. The van der Waals surface area contributed by atoms with Gasteiger partial charge in [0, 0.05) is 30.6 Å². The third kappa shape index (κ3) is 2.50. The molecule has 0 saturated carbocycles. The number of aryl methyl sites for hydroxylation is 2. The molecule has 1 fully saturated rings. The van der Waals surface area contributed by atoms with Crippen LogP contribution in [0.15, 0.2) is 6.07 Å². The molecule has 1 aliphatic heterocycles. The minimum atomic E-state index is 0.488. The van der Waals surface area contributed by atoms with E-state index in [1.807, 2.05) is 0 Å². The van der Waals surface area contributed by atoms with Crippen molar-refractivity contribution in [3.8, 4) is 10.7 Å². The van der Waals surface area contributed by atoms with Crippen LogP contribution in [0.2, 0.25) is 0 Å². The molecule has 0 spiro atoms. The van der Waals surface area contributed by atoms with Gasteiger partial charge in [0.2, 0.25) is 5.95 Å². The zero-order valence-electron chi connectivity index (χ0n) is 11.5. The van der Waals surface area contributed by atoms with Gasteiger partial charge in [0.15, 0.2) is 5.82 Å². The first-order chi connectivity index (χ1) is 9.13. The van der Waals surface area contributed by atoms with E-state index in [9.17, 15) is 0 Å². The van der Waals surface area contributed by atoms with E-state index in [4.69, 9.17) is 0 Å². The van der Waals surface area contributed by atoms with Gasteiger partial charge in [-0.25, -0.2) is 0 Å². The Balaban J connectivity index is 1.82. The van der Waals surface area contributed by atoms with Gasteiger partial charge in [-0.3, -0.25) is 5.10 Å². The Morgan fingerprint density at radius 2 is 2.26 bits per heavy atom. The lowest BCUT2D eigenvalue weighted by atomic mass is 10.2. The Kier molecular flexibility index (Phi) is 3.28. The quantitative estimate of drug-likeness (QED) is 0.881. The summed E-state index contributed by atoms with van der Waals surface area (Å²) in [6.45, 7) is 9.36. The minimum Gasteiger partial charge on any atom is -0.337 e. The zero-order chi connectivity index (χ0) is 13.4. The van der Waals surface area contributed by atoms with Gasteiger partial charge in [-0.2, -0.15) is 4.98 Å². The first-order valence-corrected chi connectivity index (χ1v) is 7.43. The van der Waals surface area contributed by atoms with E-state index in [0.29, 0.717) is 6.04 Å². The van der Waals surface area contributed by atoms with E-state index in [-0.39, 0.29) is 0 Å². The van der Waals surface area contributed by atoms with Crippen LogP contribution in [0.4, 0.5) is 5.95 Å². The number of anilines is 1. The van der Waals surface area contributed by atoms with Crippen LogP contribution in [-0.2, 0) is 0 Å². The van der Waals surface area contributed by atoms with Gasteiger partial charge < -0.3 is 10.2 Å². The summed E-state index contributed by atoms with van der Waals surface area (Å²) in [4.78, 5) is 9.37. The number of nitrogens with one attached hydrogen (secondary N) is 2. The summed E-state index contributed by atoms with van der Waals surface area (Å²) in [6, 6.07) is 2.66. The average Bonchev–Trinajstić information content (AvgIpc) is 2.97. The van der Waals surface area contributed by atoms with Crippen LogP contribution in [0.5, 0.6) is 0 Å². The molecule has 3 heterocycles. The second-order valence-corrected chi connectivity index (χ2v) is 6.39. The largest absolute Gasteiger partial charge is 0.337 e. The SMILES string of the molecule is Cc1cc(-c2nc(N3CCNC(C)C3)n[nH]2)sc1C. The van der Waals surface area contributed by atoms with Crippen LogP contribution >= 0.6 is 11.3 Å². The lowest BCUT2D eigenvalue weighted by Gasteiger charge is -2.30. The third-order valence-electron chi connectivity index (χ3n) is 3.52. The average molecular weight is 277 g/mol. The van der Waals surface area contributed by atoms with Crippen molar-refractivity contribution in [2.75, 3.05) is 24.5 Å². The molecule has 1 saturated heterocycles. The van der Waals surface area contributed by atoms with Crippen LogP contribution < -0.4 is 10.2 Å². The van der Waals surface area contributed by atoms with Crippen molar-refractivity contribution in [3.63, 3.8) is 0 Å². The fourth-order valence-electron chi connectivity index (χ4n) is 2.31. The molecule has 102 valence electrons. The summed E-state index contributed by atoms with van der Waals surface area (Å²) in [5.41, 5.74) is 1.31. The van der Waals surface area contributed by atoms with Crippen molar-refractivity contribution in [1.29, 1.82) is 0 Å².